The molecule has 4 rings (SSSR count). The second-order valence-corrected chi connectivity index (χ2v) is 8.57. The largest absolute Gasteiger partial charge is 0.423 e. The van der Waals surface area contributed by atoms with Crippen LogP contribution in [0.5, 0.6) is 5.88 Å². The van der Waals surface area contributed by atoms with Crippen LogP contribution in [0.4, 0.5) is 0 Å². The van der Waals surface area contributed by atoms with E-state index in [1.807, 2.05) is 6.07 Å². The Bertz CT molecular complexity index is 1290. The highest BCUT2D eigenvalue weighted by Crippen LogP contribution is 2.40. The number of benzene rings is 1. The van der Waals surface area contributed by atoms with Gasteiger partial charge in [-0.2, -0.15) is 5.26 Å². The topological polar surface area (TPSA) is 204 Å². The van der Waals surface area contributed by atoms with Crippen LogP contribution in [0, 0.1) is 16.1 Å². The van der Waals surface area contributed by atoms with Crippen LogP contribution < -0.4 is 15.6 Å². The Morgan fingerprint density at radius 1 is 1.18 bits per heavy atom. The van der Waals surface area contributed by atoms with E-state index in [1.54, 1.807) is 24.3 Å². The summed E-state index contributed by atoms with van der Waals surface area (Å²) in [5.74, 6) is -3.80. The number of H-pyrrole nitrogens is 2. The van der Waals surface area contributed by atoms with Crippen LogP contribution >= 0.6 is 23.8 Å². The predicted octanol–water partition coefficient (Wildman–Crippen LogP) is -0.945. The van der Waals surface area contributed by atoms with Gasteiger partial charge in [-0.1, -0.05) is 23.7 Å². The van der Waals surface area contributed by atoms with Crippen molar-refractivity contribution >= 4 is 23.8 Å². The van der Waals surface area contributed by atoms with Crippen LogP contribution in [0.3, 0.4) is 0 Å². The standard InChI is InChI=1S/C20H19ClN4O8S/c21-8-3-1-7(2-4-8)10-9(5-22)16(32-17-11(10)15(29)24-19(34)25-17)23-6-20(31)14(28)12(26)13(27)18(30)33-20/h1-4,10,12-14,18,23,26-28,30-31H,6H2,(H2,24,25,29,34)/t10?,12-,13+,14-,18+,20+/m1/s1. The zero-order valence-corrected chi connectivity index (χ0v) is 18.7. The molecule has 0 radical (unpaired) electrons. The minimum absolute atomic E-state index is 0.0386. The number of ether oxygens (including phenoxy) is 2. The molecule has 0 bridgehead atoms. The molecule has 1 aromatic heterocycles. The molecule has 34 heavy (non-hydrogen) atoms. The van der Waals surface area contributed by atoms with Gasteiger partial charge < -0.3 is 45.3 Å². The lowest BCUT2D eigenvalue weighted by Gasteiger charge is -2.44. The molecule has 2 aliphatic rings. The Morgan fingerprint density at radius 2 is 1.85 bits per heavy atom. The first kappa shape index (κ1) is 24.3. The molecule has 8 N–H and O–H groups in total. The molecule has 0 aliphatic carbocycles. The van der Waals surface area contributed by atoms with E-state index >= 15 is 0 Å². The van der Waals surface area contributed by atoms with Crippen molar-refractivity contribution in [1.82, 2.24) is 15.3 Å². The normalized spacial score (nSPS) is 30.8. The Hall–Kier alpha value is -2.80. The number of fused-ring (bicyclic) bond motifs is 1. The highest BCUT2D eigenvalue weighted by Gasteiger charge is 2.52. The molecule has 1 saturated heterocycles. The third-order valence-corrected chi connectivity index (χ3v) is 6.00. The fourth-order valence-electron chi connectivity index (χ4n) is 3.81. The molecular weight excluding hydrogens is 492 g/mol. The minimum atomic E-state index is -2.58. The number of nitriles is 1. The Morgan fingerprint density at radius 3 is 2.50 bits per heavy atom. The summed E-state index contributed by atoms with van der Waals surface area (Å²) in [7, 11) is 0. The number of nitrogens with one attached hydrogen (secondary N) is 3. The number of aromatic amines is 2. The first-order valence-electron chi connectivity index (χ1n) is 9.86. The van der Waals surface area contributed by atoms with Gasteiger partial charge in [0.05, 0.1) is 18.0 Å². The van der Waals surface area contributed by atoms with Crippen LogP contribution in [0.2, 0.25) is 5.02 Å². The van der Waals surface area contributed by atoms with Gasteiger partial charge in [0.2, 0.25) is 17.6 Å². The minimum Gasteiger partial charge on any atom is -0.423 e. The summed E-state index contributed by atoms with van der Waals surface area (Å²) in [6.45, 7) is -0.692. The van der Waals surface area contributed by atoms with Crippen molar-refractivity contribution in [2.45, 2.75) is 36.3 Å². The fourth-order valence-corrected chi connectivity index (χ4v) is 4.12. The molecule has 1 aromatic carbocycles. The molecule has 1 unspecified atom stereocenters. The lowest BCUT2D eigenvalue weighted by atomic mass is 9.85. The average molecular weight is 511 g/mol. The first-order chi connectivity index (χ1) is 16.1. The zero-order valence-electron chi connectivity index (χ0n) is 17.1. The molecule has 1 fully saturated rings. The number of aliphatic hydroxyl groups excluding tert-OH is 4. The van der Waals surface area contributed by atoms with E-state index < -0.39 is 48.4 Å². The molecule has 14 heteroatoms. The van der Waals surface area contributed by atoms with Crippen molar-refractivity contribution < 1.29 is 35.0 Å². The molecular formula is C20H19ClN4O8S. The molecule has 0 spiro atoms. The van der Waals surface area contributed by atoms with E-state index in [0.717, 1.165) is 0 Å². The number of aliphatic hydroxyl groups is 5. The smallest absolute Gasteiger partial charge is 0.259 e. The van der Waals surface area contributed by atoms with Crippen molar-refractivity contribution in [3.63, 3.8) is 0 Å². The summed E-state index contributed by atoms with van der Waals surface area (Å²) in [5, 5.41) is 63.1. The number of halogens is 1. The first-order valence-corrected chi connectivity index (χ1v) is 10.6. The van der Waals surface area contributed by atoms with Crippen LogP contribution in [0.25, 0.3) is 0 Å². The van der Waals surface area contributed by atoms with E-state index in [1.165, 1.54) is 0 Å². The van der Waals surface area contributed by atoms with Crippen LogP contribution in [0.1, 0.15) is 17.0 Å². The highest BCUT2D eigenvalue weighted by atomic mass is 35.5. The Kier molecular flexibility index (Phi) is 6.51. The second kappa shape index (κ2) is 9.10. The number of hydrogen-bond donors (Lipinski definition) is 8. The Balaban J connectivity index is 1.76. The van der Waals surface area contributed by atoms with E-state index in [0.29, 0.717) is 10.6 Å². The van der Waals surface area contributed by atoms with Gasteiger partial charge in [-0.25, -0.2) is 0 Å². The molecule has 3 heterocycles. The summed E-state index contributed by atoms with van der Waals surface area (Å²) >= 11 is 11.0. The van der Waals surface area contributed by atoms with Gasteiger partial charge in [-0.3, -0.25) is 9.78 Å². The SMILES string of the molecule is N#CC1=C(NC[C@]2(O)O[C@H](O)[C@@H](O)[C@@H](O)[C@H]2O)Oc2[nH]c(=S)[nH]c(=O)c2C1c1ccc(Cl)cc1. The third kappa shape index (κ3) is 4.22. The summed E-state index contributed by atoms with van der Waals surface area (Å²) in [6.07, 6.45) is -7.81. The lowest BCUT2D eigenvalue weighted by Crippen LogP contribution is -2.67. The summed E-state index contributed by atoms with van der Waals surface area (Å²) < 4.78 is 10.5. The summed E-state index contributed by atoms with van der Waals surface area (Å²) in [5.41, 5.74) is -0.0710. The van der Waals surface area contributed by atoms with Gasteiger partial charge >= 0.3 is 0 Å². The summed E-state index contributed by atoms with van der Waals surface area (Å²) in [6, 6.07) is 8.38. The van der Waals surface area contributed by atoms with Crippen molar-refractivity contribution in [3.8, 4) is 11.9 Å². The highest BCUT2D eigenvalue weighted by molar-refractivity contribution is 7.71. The number of rotatable bonds is 4. The van der Waals surface area contributed by atoms with Gasteiger partial charge in [0, 0.05) is 5.02 Å². The van der Waals surface area contributed by atoms with Crippen LogP contribution in [-0.4, -0.2) is 72.4 Å². The van der Waals surface area contributed by atoms with E-state index in [2.05, 4.69) is 15.3 Å². The fraction of sp³-hybridized carbons (Fsp3) is 0.350. The maximum atomic E-state index is 12.7. The van der Waals surface area contributed by atoms with Crippen LogP contribution in [0.15, 0.2) is 40.5 Å². The van der Waals surface area contributed by atoms with Gasteiger partial charge in [0.1, 0.15) is 30.0 Å². The van der Waals surface area contributed by atoms with E-state index in [-0.39, 0.29) is 27.7 Å². The van der Waals surface area contributed by atoms with Crippen molar-refractivity contribution in [2.24, 2.45) is 0 Å². The maximum Gasteiger partial charge on any atom is 0.259 e. The van der Waals surface area contributed by atoms with Gasteiger partial charge in [0.15, 0.2) is 11.1 Å². The third-order valence-electron chi connectivity index (χ3n) is 5.55. The lowest BCUT2D eigenvalue weighted by molar-refractivity contribution is -0.380. The van der Waals surface area contributed by atoms with Gasteiger partial charge in [0.25, 0.3) is 5.56 Å². The number of aromatic nitrogens is 2. The van der Waals surface area contributed by atoms with Crippen molar-refractivity contribution in [3.05, 3.63) is 67.0 Å². The molecule has 0 saturated carbocycles. The number of hydrogen-bond acceptors (Lipinski definition) is 11. The molecule has 180 valence electrons. The zero-order chi connectivity index (χ0) is 24.8. The molecule has 0 amide bonds. The quantitative estimate of drug-likeness (QED) is 0.235. The average Bonchev–Trinajstić information content (AvgIpc) is 2.79. The number of allylic oxidation sites excluding steroid dienone is 1. The number of nitrogens with zero attached hydrogens (tertiary/aromatic N) is 1. The van der Waals surface area contributed by atoms with Crippen molar-refractivity contribution in [2.75, 3.05) is 6.54 Å². The van der Waals surface area contributed by atoms with E-state index in [4.69, 9.17) is 33.3 Å². The monoisotopic (exact) mass is 510 g/mol. The van der Waals surface area contributed by atoms with Crippen molar-refractivity contribution in [1.29, 1.82) is 5.26 Å². The molecule has 2 aliphatic heterocycles. The molecule has 12 nitrogen and oxygen atoms in total. The maximum absolute atomic E-state index is 12.7. The summed E-state index contributed by atoms with van der Waals surface area (Å²) in [4.78, 5) is 17.9. The predicted molar refractivity (Wildman–Crippen MR) is 117 cm³/mol. The van der Waals surface area contributed by atoms with Gasteiger partial charge in [-0.05, 0) is 29.9 Å². The molecule has 6 atom stereocenters. The van der Waals surface area contributed by atoms with Gasteiger partial charge in [-0.15, -0.1) is 0 Å². The Labute approximate surface area is 201 Å². The molecule has 2 aromatic rings. The van der Waals surface area contributed by atoms with Crippen LogP contribution in [-0.2, 0) is 4.74 Å². The van der Waals surface area contributed by atoms with E-state index in [9.17, 15) is 35.6 Å². The second-order valence-electron chi connectivity index (χ2n) is 7.73.